The normalized spacial score (nSPS) is 10.7. The van der Waals surface area contributed by atoms with Crippen LogP contribution in [0.15, 0.2) is 35.1 Å². The van der Waals surface area contributed by atoms with Crippen molar-refractivity contribution in [2.45, 2.75) is 26.3 Å². The molecule has 0 unspecified atom stereocenters. The number of rotatable bonds is 4. The average Bonchev–Trinajstić information content (AvgIpc) is 2.36. The Morgan fingerprint density at radius 1 is 1.32 bits per heavy atom. The zero-order valence-corrected chi connectivity index (χ0v) is 12.6. The molecule has 0 fully saturated rings. The first-order chi connectivity index (χ1) is 9.08. The largest absolute Gasteiger partial charge is 0.383 e. The highest BCUT2D eigenvalue weighted by Crippen LogP contribution is 2.26. The van der Waals surface area contributed by atoms with E-state index in [4.69, 9.17) is 5.73 Å². The second-order valence-corrected chi connectivity index (χ2v) is 5.58. The van der Waals surface area contributed by atoms with Crippen LogP contribution >= 0.6 is 15.9 Å². The number of hydrogen-bond acceptors (Lipinski definition) is 4. The van der Waals surface area contributed by atoms with Gasteiger partial charge in [0.05, 0.1) is 0 Å². The molecule has 0 saturated heterocycles. The molecule has 0 atom stereocenters. The first-order valence-corrected chi connectivity index (χ1v) is 6.96. The predicted octanol–water partition coefficient (Wildman–Crippen LogP) is 3.56. The molecule has 0 aliphatic heterocycles. The summed E-state index contributed by atoms with van der Waals surface area (Å²) in [5.41, 5.74) is 8.07. The standard InChI is InChI=1S/C14H17BrN4/c1-9(2)12-13(16)18-8-19-14(12)17-7-10-4-3-5-11(15)6-10/h3-6,8-9H,7H2,1-2H3,(H3,16,17,18,19). The highest BCUT2D eigenvalue weighted by atomic mass is 79.9. The number of nitrogen functional groups attached to an aromatic ring is 1. The van der Waals surface area contributed by atoms with Gasteiger partial charge in [0.25, 0.3) is 0 Å². The summed E-state index contributed by atoms with van der Waals surface area (Å²) in [6, 6.07) is 8.16. The lowest BCUT2D eigenvalue weighted by Crippen LogP contribution is -2.09. The van der Waals surface area contributed by atoms with Crippen molar-refractivity contribution >= 4 is 27.6 Å². The number of aromatic nitrogens is 2. The third-order valence-corrected chi connectivity index (χ3v) is 3.33. The van der Waals surface area contributed by atoms with Crippen molar-refractivity contribution in [1.29, 1.82) is 0 Å². The van der Waals surface area contributed by atoms with Crippen molar-refractivity contribution in [3.05, 3.63) is 46.2 Å². The van der Waals surface area contributed by atoms with Crippen LogP contribution in [0.5, 0.6) is 0 Å². The van der Waals surface area contributed by atoms with Gasteiger partial charge in [-0.2, -0.15) is 0 Å². The smallest absolute Gasteiger partial charge is 0.135 e. The van der Waals surface area contributed by atoms with Crippen LogP contribution in [0, 0.1) is 0 Å². The highest BCUT2D eigenvalue weighted by molar-refractivity contribution is 9.10. The molecular formula is C14H17BrN4. The number of hydrogen-bond donors (Lipinski definition) is 2. The van der Waals surface area contributed by atoms with Gasteiger partial charge in [-0.15, -0.1) is 0 Å². The van der Waals surface area contributed by atoms with E-state index >= 15 is 0 Å². The van der Waals surface area contributed by atoms with Crippen LogP contribution in [0.25, 0.3) is 0 Å². The zero-order chi connectivity index (χ0) is 13.8. The SMILES string of the molecule is CC(C)c1c(N)ncnc1NCc1cccc(Br)c1. The molecule has 0 saturated carbocycles. The molecule has 0 aliphatic rings. The zero-order valence-electron chi connectivity index (χ0n) is 11.0. The number of halogens is 1. The number of nitrogens with one attached hydrogen (secondary N) is 1. The summed E-state index contributed by atoms with van der Waals surface area (Å²) in [5, 5.41) is 3.33. The predicted molar refractivity (Wildman–Crippen MR) is 82.0 cm³/mol. The summed E-state index contributed by atoms with van der Waals surface area (Å²) in [7, 11) is 0. The van der Waals surface area contributed by atoms with Crippen molar-refractivity contribution in [3.8, 4) is 0 Å². The van der Waals surface area contributed by atoms with Gasteiger partial charge in [0.1, 0.15) is 18.0 Å². The van der Waals surface area contributed by atoms with E-state index in [0.717, 1.165) is 15.9 Å². The molecule has 2 rings (SSSR count). The number of benzene rings is 1. The van der Waals surface area contributed by atoms with Gasteiger partial charge in [-0.25, -0.2) is 9.97 Å². The summed E-state index contributed by atoms with van der Waals surface area (Å²) in [6.45, 7) is 4.87. The molecule has 1 aromatic carbocycles. The van der Waals surface area contributed by atoms with Crippen LogP contribution in [-0.2, 0) is 6.54 Å². The van der Waals surface area contributed by atoms with Gasteiger partial charge in [-0.3, -0.25) is 0 Å². The lowest BCUT2D eigenvalue weighted by atomic mass is 10.0. The second kappa shape index (κ2) is 6.02. The van der Waals surface area contributed by atoms with Gasteiger partial charge in [-0.05, 0) is 23.6 Å². The highest BCUT2D eigenvalue weighted by Gasteiger charge is 2.12. The van der Waals surface area contributed by atoms with Gasteiger partial charge in [0.2, 0.25) is 0 Å². The lowest BCUT2D eigenvalue weighted by molar-refractivity contribution is 0.849. The number of anilines is 2. The fourth-order valence-electron chi connectivity index (χ4n) is 1.95. The Morgan fingerprint density at radius 2 is 2.11 bits per heavy atom. The Bertz CT molecular complexity index is 569. The number of nitrogens with zero attached hydrogens (tertiary/aromatic N) is 2. The maximum atomic E-state index is 5.92. The Balaban J connectivity index is 2.18. The minimum atomic E-state index is 0.284. The van der Waals surface area contributed by atoms with E-state index in [1.54, 1.807) is 0 Å². The van der Waals surface area contributed by atoms with E-state index in [0.29, 0.717) is 12.4 Å². The van der Waals surface area contributed by atoms with E-state index in [9.17, 15) is 0 Å². The summed E-state index contributed by atoms with van der Waals surface area (Å²) in [5.74, 6) is 1.63. The Kier molecular flexibility index (Phi) is 4.37. The Hall–Kier alpha value is -1.62. The molecule has 1 aromatic heterocycles. The molecule has 19 heavy (non-hydrogen) atoms. The van der Waals surface area contributed by atoms with Gasteiger partial charge >= 0.3 is 0 Å². The van der Waals surface area contributed by atoms with Crippen LogP contribution in [0.4, 0.5) is 11.6 Å². The Morgan fingerprint density at radius 3 is 2.79 bits per heavy atom. The fraction of sp³-hybridized carbons (Fsp3) is 0.286. The summed E-state index contributed by atoms with van der Waals surface area (Å²) in [6.07, 6.45) is 1.49. The first kappa shape index (κ1) is 13.8. The molecule has 0 amide bonds. The van der Waals surface area contributed by atoms with Gasteiger partial charge in [0, 0.05) is 16.6 Å². The van der Waals surface area contributed by atoms with E-state index in [1.165, 1.54) is 11.9 Å². The molecule has 100 valence electrons. The van der Waals surface area contributed by atoms with Crippen LogP contribution < -0.4 is 11.1 Å². The van der Waals surface area contributed by atoms with Crippen LogP contribution in [-0.4, -0.2) is 9.97 Å². The minimum Gasteiger partial charge on any atom is -0.383 e. The lowest BCUT2D eigenvalue weighted by Gasteiger charge is -2.15. The molecule has 0 spiro atoms. The molecule has 0 radical (unpaired) electrons. The third kappa shape index (κ3) is 3.44. The second-order valence-electron chi connectivity index (χ2n) is 4.66. The van der Waals surface area contributed by atoms with Gasteiger partial charge in [-0.1, -0.05) is 41.9 Å². The molecule has 5 heteroatoms. The van der Waals surface area contributed by atoms with E-state index < -0.39 is 0 Å². The van der Waals surface area contributed by atoms with Crippen molar-refractivity contribution in [1.82, 2.24) is 9.97 Å². The van der Waals surface area contributed by atoms with E-state index in [2.05, 4.69) is 57.2 Å². The first-order valence-electron chi connectivity index (χ1n) is 6.16. The summed E-state index contributed by atoms with van der Waals surface area (Å²) >= 11 is 3.46. The molecule has 2 aromatic rings. The molecular weight excluding hydrogens is 304 g/mol. The van der Waals surface area contributed by atoms with E-state index in [1.807, 2.05) is 12.1 Å². The van der Waals surface area contributed by atoms with Crippen LogP contribution in [0.1, 0.15) is 30.9 Å². The maximum Gasteiger partial charge on any atom is 0.135 e. The quantitative estimate of drug-likeness (QED) is 0.904. The monoisotopic (exact) mass is 320 g/mol. The average molecular weight is 321 g/mol. The minimum absolute atomic E-state index is 0.284. The maximum absolute atomic E-state index is 5.92. The molecule has 1 heterocycles. The molecule has 0 aliphatic carbocycles. The van der Waals surface area contributed by atoms with Crippen molar-refractivity contribution < 1.29 is 0 Å². The molecule has 4 nitrogen and oxygen atoms in total. The van der Waals surface area contributed by atoms with Crippen molar-refractivity contribution in [3.63, 3.8) is 0 Å². The molecule has 3 N–H and O–H groups in total. The van der Waals surface area contributed by atoms with Crippen LogP contribution in [0.2, 0.25) is 0 Å². The Labute approximate surface area is 121 Å². The van der Waals surface area contributed by atoms with E-state index in [-0.39, 0.29) is 5.92 Å². The van der Waals surface area contributed by atoms with Gasteiger partial charge < -0.3 is 11.1 Å². The topological polar surface area (TPSA) is 63.8 Å². The van der Waals surface area contributed by atoms with Gasteiger partial charge in [0.15, 0.2) is 0 Å². The summed E-state index contributed by atoms with van der Waals surface area (Å²) < 4.78 is 1.07. The van der Waals surface area contributed by atoms with Crippen LogP contribution in [0.3, 0.4) is 0 Å². The molecule has 0 bridgehead atoms. The third-order valence-electron chi connectivity index (χ3n) is 2.84. The fourth-order valence-corrected chi connectivity index (χ4v) is 2.40. The van der Waals surface area contributed by atoms with Crippen molar-refractivity contribution in [2.24, 2.45) is 0 Å². The summed E-state index contributed by atoms with van der Waals surface area (Å²) in [4.78, 5) is 8.33. The van der Waals surface area contributed by atoms with Crippen molar-refractivity contribution in [2.75, 3.05) is 11.1 Å². The number of nitrogens with two attached hydrogens (primary N) is 1.